The van der Waals surface area contributed by atoms with E-state index in [4.69, 9.17) is 4.74 Å². The number of carbonyl (C=O) groups excluding carboxylic acids is 2. The third kappa shape index (κ3) is 5.17. The average molecular weight is 404 g/mol. The zero-order valence-electron chi connectivity index (χ0n) is 16.3. The molecule has 150 valence electrons. The second kappa shape index (κ2) is 8.99. The van der Waals surface area contributed by atoms with Crippen LogP contribution in [-0.4, -0.2) is 44.5 Å². The van der Waals surface area contributed by atoms with Gasteiger partial charge in [0.1, 0.15) is 6.04 Å². The normalized spacial score (nSPS) is 12.5. The van der Waals surface area contributed by atoms with Crippen molar-refractivity contribution in [1.29, 1.82) is 0 Å². The maximum atomic E-state index is 13.0. The first-order valence-corrected chi connectivity index (χ1v) is 10.6. The topological polar surface area (TPSA) is 92.8 Å². The Kier molecular flexibility index (Phi) is 6.93. The van der Waals surface area contributed by atoms with Gasteiger partial charge in [-0.1, -0.05) is 30.3 Å². The van der Waals surface area contributed by atoms with E-state index >= 15 is 0 Å². The Morgan fingerprint density at radius 1 is 1.14 bits per heavy atom. The molecule has 0 fully saturated rings. The summed E-state index contributed by atoms with van der Waals surface area (Å²) < 4.78 is 30.1. The number of esters is 1. The zero-order chi connectivity index (χ0) is 20.9. The van der Waals surface area contributed by atoms with Crippen molar-refractivity contribution in [3.05, 3.63) is 65.2 Å². The van der Waals surface area contributed by atoms with Gasteiger partial charge in [-0.15, -0.1) is 0 Å². The van der Waals surface area contributed by atoms with Crippen LogP contribution in [0.1, 0.15) is 34.5 Å². The van der Waals surface area contributed by atoms with Crippen LogP contribution >= 0.6 is 0 Å². The Bertz CT molecular complexity index is 958. The lowest BCUT2D eigenvalue weighted by Gasteiger charge is -2.26. The quantitative estimate of drug-likeness (QED) is 0.717. The van der Waals surface area contributed by atoms with Crippen molar-refractivity contribution in [2.45, 2.75) is 19.9 Å². The Morgan fingerprint density at radius 2 is 1.79 bits per heavy atom. The number of nitrogens with one attached hydrogen (secondary N) is 1. The molecule has 2 aromatic carbocycles. The van der Waals surface area contributed by atoms with E-state index in [1.807, 2.05) is 0 Å². The number of sulfonamides is 1. The van der Waals surface area contributed by atoms with E-state index in [-0.39, 0.29) is 6.61 Å². The third-order valence-corrected chi connectivity index (χ3v) is 5.50. The third-order valence-electron chi connectivity index (χ3n) is 4.25. The zero-order valence-corrected chi connectivity index (χ0v) is 17.1. The summed E-state index contributed by atoms with van der Waals surface area (Å²) >= 11 is 0. The Balaban J connectivity index is 2.32. The molecule has 0 radical (unpaired) electrons. The predicted octanol–water partition coefficient (Wildman–Crippen LogP) is 2.74. The molecule has 1 amide bonds. The molecule has 0 unspecified atom stereocenters. The van der Waals surface area contributed by atoms with Gasteiger partial charge in [0, 0.05) is 12.7 Å². The molecule has 28 heavy (non-hydrogen) atoms. The molecule has 0 heterocycles. The van der Waals surface area contributed by atoms with Crippen LogP contribution in [0.25, 0.3) is 0 Å². The molecule has 0 aliphatic heterocycles. The van der Waals surface area contributed by atoms with E-state index in [0.29, 0.717) is 22.4 Å². The molecule has 2 aromatic rings. The summed E-state index contributed by atoms with van der Waals surface area (Å²) in [6, 6.07) is 12.4. The highest BCUT2D eigenvalue weighted by molar-refractivity contribution is 7.88. The van der Waals surface area contributed by atoms with Gasteiger partial charge >= 0.3 is 5.97 Å². The van der Waals surface area contributed by atoms with E-state index in [9.17, 15) is 18.0 Å². The summed E-state index contributed by atoms with van der Waals surface area (Å²) in [7, 11) is -2.25. The highest BCUT2D eigenvalue weighted by atomic mass is 32.2. The van der Waals surface area contributed by atoms with Gasteiger partial charge in [-0.3, -0.25) is 4.79 Å². The van der Waals surface area contributed by atoms with E-state index in [1.54, 1.807) is 62.4 Å². The summed E-state index contributed by atoms with van der Waals surface area (Å²) in [5.74, 6) is -0.937. The van der Waals surface area contributed by atoms with Gasteiger partial charge in [-0.25, -0.2) is 13.2 Å². The molecule has 0 spiro atoms. The summed E-state index contributed by atoms with van der Waals surface area (Å²) in [6.45, 7) is 3.74. The molecule has 1 atom stereocenters. The average Bonchev–Trinajstić information content (AvgIpc) is 2.64. The molecule has 8 heteroatoms. The summed E-state index contributed by atoms with van der Waals surface area (Å²) in [6.07, 6.45) is 1.05. The van der Waals surface area contributed by atoms with Gasteiger partial charge in [0.15, 0.2) is 0 Å². The number of ether oxygens (including phenoxy) is 1. The van der Waals surface area contributed by atoms with Crippen LogP contribution in [0.3, 0.4) is 0 Å². The molecular formula is C20H24N2O5S. The molecule has 0 saturated heterocycles. The SMILES string of the molecule is CCOC(=O)c1ccc(NC(=O)[C@H](c2ccccc2)N(C)S(C)(=O)=O)c(C)c1. The highest BCUT2D eigenvalue weighted by Gasteiger charge is 2.31. The lowest BCUT2D eigenvalue weighted by atomic mass is 10.1. The van der Waals surface area contributed by atoms with Crippen LogP contribution in [0, 0.1) is 6.92 Å². The molecule has 0 aliphatic carbocycles. The van der Waals surface area contributed by atoms with Gasteiger partial charge < -0.3 is 10.1 Å². The highest BCUT2D eigenvalue weighted by Crippen LogP contribution is 2.25. The number of hydrogen-bond donors (Lipinski definition) is 1. The molecular weight excluding hydrogens is 380 g/mol. The van der Waals surface area contributed by atoms with Crippen LogP contribution in [0.15, 0.2) is 48.5 Å². The number of anilines is 1. The van der Waals surface area contributed by atoms with E-state index in [1.165, 1.54) is 7.05 Å². The van der Waals surface area contributed by atoms with E-state index in [2.05, 4.69) is 5.32 Å². The first-order chi connectivity index (χ1) is 13.1. The minimum absolute atomic E-state index is 0.271. The lowest BCUT2D eigenvalue weighted by Crippen LogP contribution is -2.38. The predicted molar refractivity (Wildman–Crippen MR) is 108 cm³/mol. The maximum absolute atomic E-state index is 13.0. The molecule has 0 saturated carbocycles. The van der Waals surface area contributed by atoms with Crippen LogP contribution in [0.4, 0.5) is 5.69 Å². The van der Waals surface area contributed by atoms with Crippen molar-refractivity contribution in [2.24, 2.45) is 0 Å². The molecule has 2 rings (SSSR count). The molecule has 0 aliphatic rings. The number of benzene rings is 2. The van der Waals surface area contributed by atoms with Crippen LogP contribution < -0.4 is 5.32 Å². The van der Waals surface area contributed by atoms with Crippen LogP contribution in [0.5, 0.6) is 0 Å². The molecule has 0 bridgehead atoms. The largest absolute Gasteiger partial charge is 0.462 e. The first-order valence-electron chi connectivity index (χ1n) is 8.71. The van der Waals surface area contributed by atoms with E-state index < -0.39 is 27.9 Å². The minimum atomic E-state index is -3.61. The number of nitrogens with zero attached hydrogens (tertiary/aromatic N) is 1. The number of rotatable bonds is 7. The van der Waals surface area contributed by atoms with Gasteiger partial charge in [0.2, 0.25) is 15.9 Å². The number of hydrogen-bond acceptors (Lipinski definition) is 5. The number of likely N-dealkylation sites (N-methyl/N-ethyl adjacent to an activating group) is 1. The second-order valence-electron chi connectivity index (χ2n) is 6.33. The molecule has 1 N–H and O–H groups in total. The van der Waals surface area contributed by atoms with Crippen molar-refractivity contribution in [3.63, 3.8) is 0 Å². The first kappa shape index (κ1) is 21.6. The van der Waals surface area contributed by atoms with Crippen molar-refractivity contribution >= 4 is 27.6 Å². The number of carbonyl (C=O) groups is 2. The van der Waals surface area contributed by atoms with Gasteiger partial charge in [-0.2, -0.15) is 4.31 Å². The monoisotopic (exact) mass is 404 g/mol. The molecule has 7 nitrogen and oxygen atoms in total. The Morgan fingerprint density at radius 3 is 2.32 bits per heavy atom. The second-order valence-corrected chi connectivity index (χ2v) is 8.37. The minimum Gasteiger partial charge on any atom is -0.462 e. The maximum Gasteiger partial charge on any atom is 0.338 e. The fourth-order valence-corrected chi connectivity index (χ4v) is 3.30. The summed E-state index contributed by atoms with van der Waals surface area (Å²) in [5, 5.41) is 2.76. The Hall–Kier alpha value is -2.71. The number of aryl methyl sites for hydroxylation is 1. The van der Waals surface area contributed by atoms with Crippen molar-refractivity contribution in [3.8, 4) is 0 Å². The van der Waals surface area contributed by atoms with Crippen LogP contribution in [0.2, 0.25) is 0 Å². The molecule has 0 aromatic heterocycles. The van der Waals surface area contributed by atoms with E-state index in [0.717, 1.165) is 10.6 Å². The smallest absolute Gasteiger partial charge is 0.338 e. The fraction of sp³-hybridized carbons (Fsp3) is 0.300. The van der Waals surface area contributed by atoms with Crippen molar-refractivity contribution in [2.75, 3.05) is 25.2 Å². The van der Waals surface area contributed by atoms with Crippen LogP contribution in [-0.2, 0) is 19.6 Å². The number of amides is 1. The Labute approximate surface area is 165 Å². The summed E-state index contributed by atoms with van der Waals surface area (Å²) in [5.41, 5.74) is 2.08. The van der Waals surface area contributed by atoms with Gasteiger partial charge in [-0.05, 0) is 43.2 Å². The van der Waals surface area contributed by atoms with Gasteiger partial charge in [0.05, 0.1) is 18.4 Å². The standard InChI is InChI=1S/C20H24N2O5S/c1-5-27-20(24)16-11-12-17(14(2)13-16)21-19(23)18(22(3)28(4,25)26)15-9-7-6-8-10-15/h6-13,18H,5H2,1-4H3,(H,21,23)/t18-/m0/s1. The van der Waals surface area contributed by atoms with Crippen molar-refractivity contribution < 1.29 is 22.7 Å². The lowest BCUT2D eigenvalue weighted by molar-refractivity contribution is -0.119. The van der Waals surface area contributed by atoms with Crippen molar-refractivity contribution in [1.82, 2.24) is 4.31 Å². The summed E-state index contributed by atoms with van der Waals surface area (Å²) in [4.78, 5) is 24.8. The fourth-order valence-electron chi connectivity index (χ4n) is 2.70. The van der Waals surface area contributed by atoms with Gasteiger partial charge in [0.25, 0.3) is 0 Å².